The number of aliphatic imine (C=N–C) groups is 1. The van der Waals surface area contributed by atoms with Crippen LogP contribution in [0.15, 0.2) is 78.8 Å². The summed E-state index contributed by atoms with van der Waals surface area (Å²) in [4.78, 5) is 12.0. The number of ether oxygens (including phenoxy) is 1. The Balaban J connectivity index is 0.000000209. The first kappa shape index (κ1) is 35.6. The molecular formula is C33H39Cl2F3N6O2. The van der Waals surface area contributed by atoms with Crippen LogP contribution in [0, 0.1) is 17.8 Å². The van der Waals surface area contributed by atoms with Crippen LogP contribution >= 0.6 is 23.2 Å². The molecule has 2 aromatic heterocycles. The lowest BCUT2D eigenvalue weighted by atomic mass is 9.76. The molecule has 3 atom stereocenters. The van der Waals surface area contributed by atoms with E-state index in [1.165, 1.54) is 41.1 Å². The first-order valence-electron chi connectivity index (χ1n) is 15.2. The molecule has 4 aromatic rings. The van der Waals surface area contributed by atoms with Gasteiger partial charge >= 0.3 is 6.18 Å². The Morgan fingerprint density at radius 2 is 1.83 bits per heavy atom. The Labute approximate surface area is 277 Å². The van der Waals surface area contributed by atoms with Gasteiger partial charge < -0.3 is 9.84 Å². The van der Waals surface area contributed by atoms with Gasteiger partial charge in [-0.2, -0.15) is 18.3 Å². The van der Waals surface area contributed by atoms with Gasteiger partial charge in [-0.05, 0) is 79.3 Å². The lowest BCUT2D eigenvalue weighted by Gasteiger charge is -2.37. The molecular weight excluding hydrogens is 640 g/mol. The number of hydrogen-bond donors (Lipinski definition) is 1. The zero-order valence-corrected chi connectivity index (χ0v) is 27.6. The van der Waals surface area contributed by atoms with Crippen molar-refractivity contribution in [1.29, 1.82) is 0 Å². The van der Waals surface area contributed by atoms with Crippen molar-refractivity contribution in [3.63, 3.8) is 0 Å². The molecule has 1 saturated carbocycles. The van der Waals surface area contributed by atoms with E-state index >= 15 is 0 Å². The highest BCUT2D eigenvalue weighted by Gasteiger charge is 2.50. The Bertz CT molecular complexity index is 1530. The number of aliphatic hydroxyl groups is 1. The first-order chi connectivity index (χ1) is 21.9. The van der Waals surface area contributed by atoms with Crippen LogP contribution in [0.25, 0.3) is 0 Å². The molecule has 1 fully saturated rings. The van der Waals surface area contributed by atoms with Gasteiger partial charge in [0.2, 0.25) is 0 Å². The number of rotatable bonds is 10. The van der Waals surface area contributed by atoms with Gasteiger partial charge in [0.25, 0.3) is 0 Å². The second kappa shape index (κ2) is 16.0. The number of hydrogen-bond acceptors (Lipinski definition) is 6. The highest BCUT2D eigenvalue weighted by Crippen LogP contribution is 2.47. The van der Waals surface area contributed by atoms with Gasteiger partial charge in [-0.25, -0.2) is 15.0 Å². The van der Waals surface area contributed by atoms with Crippen molar-refractivity contribution in [3.05, 3.63) is 95.0 Å². The third kappa shape index (κ3) is 9.40. The molecule has 1 aliphatic rings. The summed E-state index contributed by atoms with van der Waals surface area (Å²) < 4.78 is 48.1. The van der Waals surface area contributed by atoms with Crippen molar-refractivity contribution < 1.29 is 23.0 Å². The van der Waals surface area contributed by atoms with Crippen molar-refractivity contribution in [3.8, 4) is 0 Å². The molecule has 248 valence electrons. The monoisotopic (exact) mass is 678 g/mol. The number of imidazole rings is 1. The highest BCUT2D eigenvalue weighted by molar-refractivity contribution is 6.31. The number of aromatic nitrogens is 5. The Morgan fingerprint density at radius 1 is 1.09 bits per heavy atom. The maximum Gasteiger partial charge on any atom is 0.418 e. The van der Waals surface area contributed by atoms with Crippen LogP contribution in [0.4, 0.5) is 18.9 Å². The Kier molecular flexibility index (Phi) is 12.4. The first-order valence-corrected chi connectivity index (χ1v) is 16.0. The molecule has 2 aromatic carbocycles. The number of alkyl halides is 3. The molecule has 46 heavy (non-hydrogen) atoms. The fraction of sp³-hybridized carbons (Fsp3) is 0.455. The van der Waals surface area contributed by atoms with Gasteiger partial charge in [-0.1, -0.05) is 56.1 Å². The van der Waals surface area contributed by atoms with E-state index in [1.54, 1.807) is 17.2 Å². The summed E-state index contributed by atoms with van der Waals surface area (Å²) in [5.74, 6) is 1.26. The third-order valence-electron chi connectivity index (χ3n) is 8.15. The molecule has 0 bridgehead atoms. The average Bonchev–Trinajstić information content (AvgIpc) is 3.78. The van der Waals surface area contributed by atoms with E-state index in [9.17, 15) is 18.3 Å². The molecule has 0 radical (unpaired) electrons. The lowest BCUT2D eigenvalue weighted by molar-refractivity contribution is -0.137. The zero-order valence-electron chi connectivity index (χ0n) is 26.0. The summed E-state index contributed by atoms with van der Waals surface area (Å²) in [6.07, 6.45) is 6.99. The fourth-order valence-electron chi connectivity index (χ4n) is 5.95. The molecule has 8 nitrogen and oxygen atoms in total. The van der Waals surface area contributed by atoms with Crippen molar-refractivity contribution in [2.24, 2.45) is 22.7 Å². The van der Waals surface area contributed by atoms with E-state index in [-0.39, 0.29) is 29.2 Å². The van der Waals surface area contributed by atoms with Crippen molar-refractivity contribution in [1.82, 2.24) is 24.3 Å². The van der Waals surface area contributed by atoms with Crippen LogP contribution < -0.4 is 0 Å². The molecule has 0 aliphatic heterocycles. The molecule has 0 amide bonds. The molecule has 1 aliphatic carbocycles. The van der Waals surface area contributed by atoms with Gasteiger partial charge in [0, 0.05) is 29.0 Å². The molecule has 13 heteroatoms. The molecule has 0 saturated heterocycles. The van der Waals surface area contributed by atoms with E-state index in [0.29, 0.717) is 24.9 Å². The summed E-state index contributed by atoms with van der Waals surface area (Å²) >= 11 is 11.6. The van der Waals surface area contributed by atoms with Crippen molar-refractivity contribution >= 4 is 34.7 Å². The van der Waals surface area contributed by atoms with Gasteiger partial charge in [0.05, 0.1) is 23.4 Å². The Hall–Kier alpha value is -3.25. The van der Waals surface area contributed by atoms with Gasteiger partial charge in [-0.15, -0.1) is 0 Å². The summed E-state index contributed by atoms with van der Waals surface area (Å²) in [7, 11) is 0. The lowest BCUT2D eigenvalue weighted by Crippen LogP contribution is -2.46. The predicted molar refractivity (Wildman–Crippen MR) is 173 cm³/mol. The average molecular weight is 680 g/mol. The maximum atomic E-state index is 13.1. The molecule has 2 heterocycles. The quantitative estimate of drug-likeness (QED) is 0.104. The van der Waals surface area contributed by atoms with E-state index < -0.39 is 17.3 Å². The zero-order chi connectivity index (χ0) is 33.3. The topological polar surface area (TPSA) is 90.4 Å². The minimum Gasteiger partial charge on any atom is -0.387 e. The van der Waals surface area contributed by atoms with Crippen LogP contribution in [-0.4, -0.2) is 54.1 Å². The van der Waals surface area contributed by atoms with Crippen LogP contribution in [-0.2, 0) is 23.9 Å². The summed E-state index contributed by atoms with van der Waals surface area (Å²) in [5.41, 5.74) is -0.633. The van der Waals surface area contributed by atoms with Crippen molar-refractivity contribution in [2.45, 2.75) is 64.8 Å². The number of benzene rings is 2. The third-order valence-corrected chi connectivity index (χ3v) is 8.64. The van der Waals surface area contributed by atoms with Crippen molar-refractivity contribution in [2.75, 3.05) is 13.2 Å². The number of halogens is 5. The molecule has 5 rings (SSSR count). The van der Waals surface area contributed by atoms with E-state index in [4.69, 9.17) is 27.9 Å². The van der Waals surface area contributed by atoms with E-state index in [0.717, 1.165) is 36.8 Å². The number of nitrogens with zero attached hydrogens (tertiary/aromatic N) is 6. The smallest absolute Gasteiger partial charge is 0.387 e. The second-order valence-corrected chi connectivity index (χ2v) is 12.6. The summed E-state index contributed by atoms with van der Waals surface area (Å²) in [6, 6.07) is 11.4. The SMILES string of the molecule is CC(C)C1CCC(Cc2ccc(Cl)cc2)C1(O)Cn1cncn1.CCCOCC(=Nc1ccc(Cl)cc1C(F)(F)F)n1ccnc1. The minimum absolute atomic E-state index is 0.00249. The van der Waals surface area contributed by atoms with E-state index in [1.807, 2.05) is 19.1 Å². The summed E-state index contributed by atoms with van der Waals surface area (Å²) in [6.45, 7) is 7.40. The second-order valence-electron chi connectivity index (χ2n) is 11.7. The van der Waals surface area contributed by atoms with Gasteiger partial charge in [-0.3, -0.25) is 9.25 Å². The van der Waals surface area contributed by atoms with Crippen LogP contribution in [0.2, 0.25) is 10.0 Å². The standard InChI is InChI=1S/C18H24ClN3O.C15H15ClF3N3O/c1-13(2)17-8-5-15(9-14-3-6-16(19)7-4-14)18(17,23)10-22-12-20-11-21-22;1-2-7-23-9-14(22-6-5-20-10-22)21-13-4-3-11(16)8-12(13)15(17,18)19/h3-4,6-7,11-13,15,17,23H,5,8-10H2,1-2H3;3-6,8,10H,2,7,9H2,1H3. The fourth-order valence-corrected chi connectivity index (χ4v) is 6.25. The highest BCUT2D eigenvalue weighted by atomic mass is 35.5. The maximum absolute atomic E-state index is 13.1. The van der Waals surface area contributed by atoms with Gasteiger partial charge in [0.15, 0.2) is 0 Å². The largest absolute Gasteiger partial charge is 0.418 e. The molecule has 3 unspecified atom stereocenters. The van der Waals surface area contributed by atoms with Crippen LogP contribution in [0.5, 0.6) is 0 Å². The van der Waals surface area contributed by atoms with E-state index in [2.05, 4.69) is 46.0 Å². The van der Waals surface area contributed by atoms with Crippen LogP contribution in [0.3, 0.4) is 0 Å². The Morgan fingerprint density at radius 3 is 2.43 bits per heavy atom. The predicted octanol–water partition coefficient (Wildman–Crippen LogP) is 8.15. The minimum atomic E-state index is -4.55. The molecule has 0 spiro atoms. The molecule has 1 N–H and O–H groups in total. The normalized spacial score (nSPS) is 20.2. The summed E-state index contributed by atoms with van der Waals surface area (Å²) in [5, 5.41) is 16.5. The van der Waals surface area contributed by atoms with Crippen LogP contribution in [0.1, 0.15) is 51.2 Å². The van der Waals surface area contributed by atoms with Gasteiger partial charge in [0.1, 0.15) is 31.4 Å².